The number of hydrogen-bond acceptors (Lipinski definition) is 0. The smallest absolute Gasteiger partial charge is 0.0373 e. The van der Waals surface area contributed by atoms with Gasteiger partial charge in [0.25, 0.3) is 0 Å². The second-order valence-electron chi connectivity index (χ2n) is 13.4. The monoisotopic (exact) mass is 430 g/mol. The van der Waals surface area contributed by atoms with Crippen molar-refractivity contribution in [3.05, 3.63) is 11.6 Å². The van der Waals surface area contributed by atoms with E-state index in [1.807, 2.05) is 0 Å². The maximum Gasteiger partial charge on any atom is 0.0373 e. The Bertz CT molecular complexity index is 707. The Kier molecular flexibility index (Phi) is 5.29. The fraction of sp³-hybridized carbons (Fsp3) is 0.931. The van der Waals surface area contributed by atoms with Crippen molar-refractivity contribution in [2.24, 2.45) is 45.3 Å². The third kappa shape index (κ3) is 2.83. The Morgan fingerprint density at radius 2 is 1.77 bits per heavy atom. The Morgan fingerprint density at radius 3 is 2.53 bits per heavy atom. The van der Waals surface area contributed by atoms with Gasteiger partial charge in [0.05, 0.1) is 0 Å². The molecule has 0 aromatic rings. The first-order valence-corrected chi connectivity index (χ1v) is 14.0. The minimum Gasteiger partial charge on any atom is -0.123 e. The molecule has 0 amide bonds. The van der Waals surface area contributed by atoms with E-state index in [-0.39, 0.29) is 0 Å². The molecule has 8 atom stereocenters. The Balaban J connectivity index is 1.34. The number of halogens is 1. The van der Waals surface area contributed by atoms with Crippen LogP contribution in [0.3, 0.4) is 0 Å². The second kappa shape index (κ2) is 7.27. The van der Waals surface area contributed by atoms with Crippen LogP contribution in [0, 0.1) is 45.3 Å². The number of hydrogen-bond donors (Lipinski definition) is 0. The average Bonchev–Trinajstić information content (AvgIpc) is 3.26. The molecule has 5 aliphatic rings. The standard InChI is InChI=1S/C29H47Cl/c1-20(2)8-6-7-9-21(3)24-12-17-29-19-28(29)16-10-22-18-23(30)11-14-26(22,4)25(28)13-15-27(24,29)5/h10,20-21,23-25H,6-9,11-19H2,1-5H3/t21?,23-,24?,25?,26-,27+,28-,29?/m0/s1. The minimum atomic E-state index is 0.396. The second-order valence-corrected chi connectivity index (χ2v) is 14.0. The summed E-state index contributed by atoms with van der Waals surface area (Å²) in [7, 11) is 0. The summed E-state index contributed by atoms with van der Waals surface area (Å²) in [6, 6.07) is 0. The van der Waals surface area contributed by atoms with Crippen LogP contribution in [0.15, 0.2) is 11.6 Å². The molecule has 0 saturated heterocycles. The normalized spacial score (nSPS) is 50.2. The van der Waals surface area contributed by atoms with Crippen molar-refractivity contribution in [1.29, 1.82) is 0 Å². The summed E-state index contributed by atoms with van der Waals surface area (Å²) in [5.74, 6) is 3.72. The fourth-order valence-corrected chi connectivity index (χ4v) is 10.5. The summed E-state index contributed by atoms with van der Waals surface area (Å²) in [6.07, 6.45) is 21.3. The van der Waals surface area contributed by atoms with Crippen LogP contribution in [0.1, 0.15) is 118 Å². The van der Waals surface area contributed by atoms with Crippen molar-refractivity contribution in [1.82, 2.24) is 0 Å². The van der Waals surface area contributed by atoms with E-state index in [9.17, 15) is 0 Å². The van der Waals surface area contributed by atoms with Crippen molar-refractivity contribution in [2.75, 3.05) is 0 Å². The molecule has 170 valence electrons. The lowest BCUT2D eigenvalue weighted by atomic mass is 9.47. The SMILES string of the molecule is CC(C)CCCCC(C)C1CCC23C[C@]24CC=C2C[C@@H](Cl)CC[C@]2(C)C4CC[C@]13C. The van der Waals surface area contributed by atoms with E-state index in [0.717, 1.165) is 23.7 Å². The highest BCUT2D eigenvalue weighted by molar-refractivity contribution is 6.20. The van der Waals surface area contributed by atoms with Gasteiger partial charge in [-0.15, -0.1) is 11.6 Å². The summed E-state index contributed by atoms with van der Waals surface area (Å²) in [4.78, 5) is 0. The quantitative estimate of drug-likeness (QED) is 0.224. The molecule has 5 aliphatic carbocycles. The third-order valence-corrected chi connectivity index (χ3v) is 12.2. The van der Waals surface area contributed by atoms with Gasteiger partial charge in [-0.05, 0) is 103 Å². The number of fused-ring (bicyclic) bond motifs is 2. The minimum absolute atomic E-state index is 0.396. The topological polar surface area (TPSA) is 0 Å². The van der Waals surface area contributed by atoms with Gasteiger partial charge in [0.15, 0.2) is 0 Å². The highest BCUT2D eigenvalue weighted by Crippen LogP contribution is 2.90. The Hall–Kier alpha value is 0.0300. The van der Waals surface area contributed by atoms with Gasteiger partial charge in [0.2, 0.25) is 0 Å². The fourth-order valence-electron chi connectivity index (χ4n) is 10.2. The van der Waals surface area contributed by atoms with Crippen LogP contribution >= 0.6 is 11.6 Å². The molecule has 0 nitrogen and oxygen atoms in total. The molecule has 0 bridgehead atoms. The Labute approximate surface area is 192 Å². The van der Waals surface area contributed by atoms with E-state index in [1.165, 1.54) is 70.6 Å². The van der Waals surface area contributed by atoms with Crippen molar-refractivity contribution >= 4 is 11.6 Å². The summed E-state index contributed by atoms with van der Waals surface area (Å²) < 4.78 is 0. The largest absolute Gasteiger partial charge is 0.123 e. The predicted octanol–water partition coefficient (Wildman–Crippen LogP) is 9.17. The van der Waals surface area contributed by atoms with Crippen LogP contribution in [0.2, 0.25) is 0 Å². The molecular weight excluding hydrogens is 384 g/mol. The molecule has 0 heterocycles. The van der Waals surface area contributed by atoms with Crippen molar-refractivity contribution < 1.29 is 0 Å². The van der Waals surface area contributed by atoms with Crippen LogP contribution in [-0.2, 0) is 0 Å². The van der Waals surface area contributed by atoms with Crippen LogP contribution in [-0.4, -0.2) is 5.38 Å². The lowest BCUT2D eigenvalue weighted by Crippen LogP contribution is -2.50. The van der Waals surface area contributed by atoms with E-state index in [0.29, 0.717) is 27.0 Å². The molecule has 1 heteroatoms. The molecule has 0 radical (unpaired) electrons. The maximum atomic E-state index is 6.61. The van der Waals surface area contributed by atoms with Crippen molar-refractivity contribution in [3.8, 4) is 0 Å². The molecule has 30 heavy (non-hydrogen) atoms. The van der Waals surface area contributed by atoms with Gasteiger partial charge in [-0.2, -0.15) is 0 Å². The predicted molar refractivity (Wildman–Crippen MR) is 130 cm³/mol. The van der Waals surface area contributed by atoms with Gasteiger partial charge in [0.1, 0.15) is 0 Å². The zero-order valence-electron chi connectivity index (χ0n) is 20.5. The molecular formula is C29H47Cl. The van der Waals surface area contributed by atoms with Gasteiger partial charge in [-0.3, -0.25) is 0 Å². The highest BCUT2D eigenvalue weighted by atomic mass is 35.5. The molecule has 0 aromatic carbocycles. The first-order chi connectivity index (χ1) is 14.2. The van der Waals surface area contributed by atoms with E-state index in [2.05, 4.69) is 40.7 Å². The van der Waals surface area contributed by atoms with Crippen LogP contribution in [0.4, 0.5) is 0 Å². The lowest BCUT2D eigenvalue weighted by molar-refractivity contribution is -0.0498. The maximum absolute atomic E-state index is 6.61. The molecule has 4 saturated carbocycles. The molecule has 0 N–H and O–H groups in total. The molecule has 4 unspecified atom stereocenters. The first kappa shape index (κ1) is 21.9. The molecule has 5 rings (SSSR count). The van der Waals surface area contributed by atoms with Crippen molar-refractivity contribution in [3.63, 3.8) is 0 Å². The summed E-state index contributed by atoms with van der Waals surface area (Å²) in [6.45, 7) is 12.8. The van der Waals surface area contributed by atoms with Crippen LogP contribution in [0.5, 0.6) is 0 Å². The first-order valence-electron chi connectivity index (χ1n) is 13.5. The lowest BCUT2D eigenvalue weighted by Gasteiger charge is -2.58. The van der Waals surface area contributed by atoms with Gasteiger partial charge in [0, 0.05) is 5.38 Å². The van der Waals surface area contributed by atoms with Crippen LogP contribution in [0.25, 0.3) is 0 Å². The number of rotatable bonds is 6. The molecule has 0 aromatic heterocycles. The van der Waals surface area contributed by atoms with E-state index < -0.39 is 0 Å². The van der Waals surface area contributed by atoms with E-state index in [1.54, 1.807) is 18.4 Å². The number of unbranched alkanes of at least 4 members (excludes halogenated alkanes) is 1. The highest BCUT2D eigenvalue weighted by Gasteiger charge is 2.82. The molecule has 4 fully saturated rings. The number of allylic oxidation sites excluding steroid dienone is 2. The third-order valence-electron chi connectivity index (χ3n) is 11.9. The van der Waals surface area contributed by atoms with Crippen molar-refractivity contribution in [2.45, 2.75) is 123 Å². The summed E-state index contributed by atoms with van der Waals surface area (Å²) in [5, 5.41) is 0.396. The Morgan fingerprint density at radius 1 is 1.00 bits per heavy atom. The molecule has 0 aliphatic heterocycles. The van der Waals surface area contributed by atoms with Gasteiger partial charge < -0.3 is 0 Å². The average molecular weight is 431 g/mol. The van der Waals surface area contributed by atoms with E-state index in [4.69, 9.17) is 11.6 Å². The van der Waals surface area contributed by atoms with E-state index >= 15 is 0 Å². The number of alkyl halides is 1. The van der Waals surface area contributed by atoms with Crippen LogP contribution < -0.4 is 0 Å². The summed E-state index contributed by atoms with van der Waals surface area (Å²) in [5.41, 5.74) is 4.18. The zero-order chi connectivity index (χ0) is 21.4. The zero-order valence-corrected chi connectivity index (χ0v) is 21.3. The van der Waals surface area contributed by atoms with Gasteiger partial charge >= 0.3 is 0 Å². The van der Waals surface area contributed by atoms with Gasteiger partial charge in [-0.25, -0.2) is 0 Å². The van der Waals surface area contributed by atoms with Gasteiger partial charge in [-0.1, -0.05) is 72.0 Å². The summed E-state index contributed by atoms with van der Waals surface area (Å²) >= 11 is 6.61. The molecule has 2 spiro atoms.